The summed E-state index contributed by atoms with van der Waals surface area (Å²) in [6.07, 6.45) is 2.80. The molecule has 0 saturated carbocycles. The van der Waals surface area contributed by atoms with Crippen LogP contribution in [0.4, 0.5) is 16.0 Å². The first-order valence-electron chi connectivity index (χ1n) is 6.08. The molecule has 0 saturated heterocycles. The quantitative estimate of drug-likeness (QED) is 0.565. The third kappa shape index (κ3) is 2.18. The number of nitrogens with zero attached hydrogens (tertiary/aromatic N) is 4. The summed E-state index contributed by atoms with van der Waals surface area (Å²) < 4.78 is 15.4. The number of fused-ring (bicyclic) bond motifs is 1. The molecule has 8 nitrogen and oxygen atoms in total. The number of anilines is 1. The topological polar surface area (TPSA) is 102 Å². The zero-order valence-corrected chi connectivity index (χ0v) is 11.0. The number of halogens is 1. The van der Waals surface area contributed by atoms with Crippen LogP contribution in [0.5, 0.6) is 0 Å². The van der Waals surface area contributed by atoms with Gasteiger partial charge in [0, 0.05) is 19.2 Å². The van der Waals surface area contributed by atoms with E-state index in [1.807, 2.05) is 0 Å². The molecule has 0 spiro atoms. The van der Waals surface area contributed by atoms with Crippen LogP contribution < -0.4 is 5.32 Å². The maximum Gasteiger partial charge on any atom is 0.406 e. The summed E-state index contributed by atoms with van der Waals surface area (Å²) in [6, 6.07) is 2.92. The van der Waals surface area contributed by atoms with Crippen molar-refractivity contribution in [3.63, 3.8) is 0 Å². The molecule has 2 aromatic heterocycles. The number of benzene rings is 1. The number of rotatable bonds is 4. The van der Waals surface area contributed by atoms with Gasteiger partial charge < -0.3 is 20.4 Å². The van der Waals surface area contributed by atoms with Gasteiger partial charge in [-0.3, -0.25) is 4.57 Å². The molecule has 0 radical (unpaired) electrons. The Balaban J connectivity index is 1.94. The van der Waals surface area contributed by atoms with Crippen LogP contribution in [0.1, 0.15) is 5.56 Å². The fourth-order valence-electron chi connectivity index (χ4n) is 2.14. The highest BCUT2D eigenvalue weighted by Gasteiger charge is 2.20. The highest BCUT2D eigenvalue weighted by molar-refractivity contribution is 5.78. The van der Waals surface area contributed by atoms with Crippen LogP contribution in [-0.4, -0.2) is 24.4 Å². The minimum atomic E-state index is -0.589. The van der Waals surface area contributed by atoms with Crippen LogP contribution in [0.15, 0.2) is 24.8 Å². The van der Waals surface area contributed by atoms with Crippen molar-refractivity contribution in [2.45, 2.75) is 6.54 Å². The Bertz CT molecular complexity index is 824. The van der Waals surface area contributed by atoms with Crippen molar-refractivity contribution < 1.29 is 9.31 Å². The summed E-state index contributed by atoms with van der Waals surface area (Å²) in [5, 5.41) is 13.7. The summed E-state index contributed by atoms with van der Waals surface area (Å²) in [6.45, 7) is 0.0639. The average Bonchev–Trinajstić information content (AvgIpc) is 3.04. The molecule has 0 aliphatic heterocycles. The SMILES string of the molecule is Cn1cnc([N+](=O)[O-])c1NCc1c(F)ccc2[nH]cnc12. The van der Waals surface area contributed by atoms with E-state index >= 15 is 0 Å². The standard InChI is InChI=1S/C12H11FN6O2/c1-18-6-17-12(19(20)21)11(18)14-4-7-8(13)2-3-9-10(7)16-5-15-9/h2-3,5-6,14H,4H2,1H3,(H,15,16). The molecule has 2 heterocycles. The molecular formula is C12H11FN6O2. The molecule has 0 aliphatic rings. The minimum absolute atomic E-state index is 0.0639. The van der Waals surface area contributed by atoms with Gasteiger partial charge >= 0.3 is 5.82 Å². The summed E-state index contributed by atoms with van der Waals surface area (Å²) in [5.74, 6) is -0.508. The second-order valence-electron chi connectivity index (χ2n) is 4.46. The molecule has 0 amide bonds. The van der Waals surface area contributed by atoms with Gasteiger partial charge in [-0.15, -0.1) is 0 Å². The molecule has 9 heteroatoms. The minimum Gasteiger partial charge on any atom is -0.360 e. The maximum absolute atomic E-state index is 13.9. The number of aryl methyl sites for hydroxylation is 1. The van der Waals surface area contributed by atoms with Crippen molar-refractivity contribution in [1.29, 1.82) is 0 Å². The first-order chi connectivity index (χ1) is 10.1. The van der Waals surface area contributed by atoms with Gasteiger partial charge in [-0.1, -0.05) is 0 Å². The first-order valence-corrected chi connectivity index (χ1v) is 6.08. The molecular weight excluding hydrogens is 279 g/mol. The van der Waals surface area contributed by atoms with E-state index in [0.29, 0.717) is 16.6 Å². The number of nitrogens with one attached hydrogen (secondary N) is 2. The molecule has 1 aromatic carbocycles. The van der Waals surface area contributed by atoms with E-state index < -0.39 is 10.7 Å². The van der Waals surface area contributed by atoms with Gasteiger partial charge in [-0.05, 0) is 22.0 Å². The largest absolute Gasteiger partial charge is 0.406 e. The van der Waals surface area contributed by atoms with Crippen LogP contribution in [0, 0.1) is 15.9 Å². The Morgan fingerprint density at radius 2 is 2.29 bits per heavy atom. The Kier molecular flexibility index (Phi) is 3.01. The van der Waals surface area contributed by atoms with E-state index in [-0.39, 0.29) is 18.2 Å². The second kappa shape index (κ2) is 4.85. The summed E-state index contributed by atoms with van der Waals surface area (Å²) in [7, 11) is 1.62. The number of hydrogen-bond acceptors (Lipinski definition) is 5. The van der Waals surface area contributed by atoms with Crippen LogP contribution in [0.2, 0.25) is 0 Å². The molecule has 0 atom stereocenters. The highest BCUT2D eigenvalue weighted by atomic mass is 19.1. The number of imidazole rings is 2. The lowest BCUT2D eigenvalue weighted by Gasteiger charge is -2.08. The van der Waals surface area contributed by atoms with Crippen molar-refractivity contribution in [3.8, 4) is 0 Å². The van der Waals surface area contributed by atoms with E-state index in [2.05, 4.69) is 20.3 Å². The van der Waals surface area contributed by atoms with Crippen LogP contribution in [0.25, 0.3) is 11.0 Å². The smallest absolute Gasteiger partial charge is 0.360 e. The zero-order valence-electron chi connectivity index (χ0n) is 11.0. The molecule has 0 aliphatic carbocycles. The Morgan fingerprint density at radius 3 is 3.05 bits per heavy atom. The van der Waals surface area contributed by atoms with Crippen molar-refractivity contribution in [1.82, 2.24) is 19.5 Å². The molecule has 2 N–H and O–H groups in total. The van der Waals surface area contributed by atoms with Gasteiger partial charge in [0.2, 0.25) is 12.1 Å². The van der Waals surface area contributed by atoms with E-state index in [9.17, 15) is 14.5 Å². The van der Waals surface area contributed by atoms with Gasteiger partial charge in [0.15, 0.2) is 0 Å². The number of H-pyrrole nitrogens is 1. The van der Waals surface area contributed by atoms with Gasteiger partial charge in [0.05, 0.1) is 17.4 Å². The lowest BCUT2D eigenvalue weighted by atomic mass is 10.1. The molecule has 3 aromatic rings. The molecule has 0 bridgehead atoms. The number of aromatic nitrogens is 4. The zero-order chi connectivity index (χ0) is 15.0. The number of nitro groups is 1. The lowest BCUT2D eigenvalue weighted by Crippen LogP contribution is -2.07. The van der Waals surface area contributed by atoms with Gasteiger partial charge in [0.1, 0.15) is 5.82 Å². The highest BCUT2D eigenvalue weighted by Crippen LogP contribution is 2.24. The van der Waals surface area contributed by atoms with Gasteiger partial charge in [-0.25, -0.2) is 9.37 Å². The van der Waals surface area contributed by atoms with Crippen molar-refractivity contribution >= 4 is 22.7 Å². The molecule has 108 valence electrons. The Labute approximate surface area is 117 Å². The van der Waals surface area contributed by atoms with E-state index in [1.54, 1.807) is 13.1 Å². The Hall–Kier alpha value is -2.97. The third-order valence-electron chi connectivity index (χ3n) is 3.16. The predicted octanol–water partition coefficient (Wildman–Crippen LogP) is 1.96. The summed E-state index contributed by atoms with van der Waals surface area (Å²) in [5.41, 5.74) is 1.53. The molecule has 21 heavy (non-hydrogen) atoms. The normalized spacial score (nSPS) is 11.0. The van der Waals surface area contributed by atoms with Crippen LogP contribution in [0.3, 0.4) is 0 Å². The van der Waals surface area contributed by atoms with E-state index in [1.165, 1.54) is 23.3 Å². The lowest BCUT2D eigenvalue weighted by molar-refractivity contribution is -0.388. The van der Waals surface area contributed by atoms with Crippen molar-refractivity contribution in [2.24, 2.45) is 7.05 Å². The van der Waals surface area contributed by atoms with Crippen molar-refractivity contribution in [2.75, 3.05) is 5.32 Å². The van der Waals surface area contributed by atoms with E-state index in [4.69, 9.17) is 0 Å². The van der Waals surface area contributed by atoms with Crippen LogP contribution >= 0.6 is 0 Å². The molecule has 3 rings (SSSR count). The summed E-state index contributed by atoms with van der Waals surface area (Å²) in [4.78, 5) is 20.9. The van der Waals surface area contributed by atoms with Crippen LogP contribution in [-0.2, 0) is 13.6 Å². The van der Waals surface area contributed by atoms with E-state index in [0.717, 1.165) is 0 Å². The molecule has 0 fully saturated rings. The Morgan fingerprint density at radius 1 is 1.48 bits per heavy atom. The summed E-state index contributed by atoms with van der Waals surface area (Å²) >= 11 is 0. The van der Waals surface area contributed by atoms with Gasteiger partial charge in [-0.2, -0.15) is 0 Å². The fourth-order valence-corrected chi connectivity index (χ4v) is 2.14. The molecule has 0 unspecified atom stereocenters. The third-order valence-corrected chi connectivity index (χ3v) is 3.16. The van der Waals surface area contributed by atoms with Crippen molar-refractivity contribution in [3.05, 3.63) is 46.3 Å². The number of aromatic amines is 1. The average molecular weight is 290 g/mol. The predicted molar refractivity (Wildman–Crippen MR) is 73.2 cm³/mol. The monoisotopic (exact) mass is 290 g/mol. The second-order valence-corrected chi connectivity index (χ2v) is 4.46. The fraction of sp³-hybridized carbons (Fsp3) is 0.167. The first kappa shape index (κ1) is 13.0. The van der Waals surface area contributed by atoms with Gasteiger partial charge in [0.25, 0.3) is 0 Å². The number of hydrogen-bond donors (Lipinski definition) is 2. The maximum atomic E-state index is 13.9.